The van der Waals surface area contributed by atoms with Crippen molar-refractivity contribution in [2.24, 2.45) is 0 Å². The molecule has 15 heteroatoms. The minimum atomic E-state index is -1.23. The first-order chi connectivity index (χ1) is 29.8. The molecule has 6 aromatic rings. The molecule has 1 saturated carbocycles. The highest BCUT2D eigenvalue weighted by Crippen LogP contribution is 2.50. The fourth-order valence-corrected chi connectivity index (χ4v) is 9.07. The monoisotopic (exact) mass is 890 g/mol. The number of carbonyl (C=O) groups excluding carboxylic acids is 2. The molecule has 12 nitrogen and oxygen atoms in total. The molecule has 0 radical (unpaired) electrons. The first-order valence-electron chi connectivity index (χ1n) is 19.7. The van der Waals surface area contributed by atoms with E-state index >= 15 is 0 Å². The number of rotatable bonds is 10. The number of amides is 2. The minimum Gasteiger partial charge on any atom is -0.393 e. The van der Waals surface area contributed by atoms with Crippen LogP contribution in [0.25, 0.3) is 0 Å². The summed E-state index contributed by atoms with van der Waals surface area (Å²) in [7, 11) is 0. The highest BCUT2D eigenvalue weighted by Gasteiger charge is 2.54. The molecule has 0 spiro atoms. The van der Waals surface area contributed by atoms with Crippen molar-refractivity contribution in [2.45, 2.75) is 55.3 Å². The summed E-state index contributed by atoms with van der Waals surface area (Å²) in [6.07, 6.45) is 1.11. The third kappa shape index (κ3) is 7.92. The van der Waals surface area contributed by atoms with Gasteiger partial charge in [-0.2, -0.15) is 0 Å². The van der Waals surface area contributed by atoms with Gasteiger partial charge in [0.05, 0.1) is 22.1 Å². The third-order valence-electron chi connectivity index (χ3n) is 11.4. The topological polar surface area (TPSA) is 156 Å². The molecule has 0 bridgehead atoms. The van der Waals surface area contributed by atoms with Gasteiger partial charge in [-0.1, -0.05) is 120 Å². The molecule has 9 rings (SSSR count). The predicted octanol–water partition coefficient (Wildman–Crippen LogP) is 10.4. The molecule has 3 aliphatic rings. The van der Waals surface area contributed by atoms with Gasteiger partial charge in [0.2, 0.25) is 0 Å². The SMILES string of the molecule is O=C1c2ccccc2C(Cl)(c2ccc(Cl)cc2)N1Cc1ccc([N+](=O)[O-])cc1.O=C1c2ccccc2C(OC2CCC(O)C2)(c2ccc(Cl)cc2)N1Cc1ccc([N+](=O)[O-])cc1. The Morgan fingerprint density at radius 2 is 1.06 bits per heavy atom. The maximum absolute atomic E-state index is 13.7. The number of benzene rings is 6. The number of hydrogen-bond acceptors (Lipinski definition) is 8. The molecular weight excluding hydrogens is 855 g/mol. The van der Waals surface area contributed by atoms with Crippen LogP contribution in [0.2, 0.25) is 10.0 Å². The van der Waals surface area contributed by atoms with Crippen LogP contribution in [-0.2, 0) is 28.5 Å². The van der Waals surface area contributed by atoms with Crippen molar-refractivity contribution < 1.29 is 29.3 Å². The summed E-state index contributed by atoms with van der Waals surface area (Å²) in [5.41, 5.74) is 4.20. The molecule has 6 aromatic carbocycles. The fourth-order valence-electron chi connectivity index (χ4n) is 8.39. The number of nitro groups is 2. The highest BCUT2D eigenvalue weighted by atomic mass is 35.5. The van der Waals surface area contributed by atoms with Crippen LogP contribution in [-0.4, -0.2) is 48.8 Å². The number of nitrogens with zero attached hydrogens (tertiary/aromatic N) is 4. The molecule has 0 saturated heterocycles. The van der Waals surface area contributed by atoms with E-state index in [1.54, 1.807) is 88.7 Å². The minimum absolute atomic E-state index is 0.00498. The highest BCUT2D eigenvalue weighted by molar-refractivity contribution is 6.31. The first-order valence-corrected chi connectivity index (χ1v) is 20.8. The number of ether oxygens (including phenoxy) is 1. The summed E-state index contributed by atoms with van der Waals surface area (Å²) < 4.78 is 6.79. The van der Waals surface area contributed by atoms with Gasteiger partial charge >= 0.3 is 0 Å². The maximum Gasteiger partial charge on any atom is 0.269 e. The van der Waals surface area contributed by atoms with E-state index in [-0.39, 0.29) is 42.4 Å². The number of alkyl halides is 1. The Kier molecular flexibility index (Phi) is 11.9. The lowest BCUT2D eigenvalue weighted by molar-refractivity contribution is -0.385. The molecule has 4 unspecified atom stereocenters. The summed E-state index contributed by atoms with van der Waals surface area (Å²) in [6.45, 7) is 0.390. The Bertz CT molecular complexity index is 2670. The summed E-state index contributed by atoms with van der Waals surface area (Å²) in [5.74, 6) is -0.388. The summed E-state index contributed by atoms with van der Waals surface area (Å²) in [6, 6.07) is 41.2. The second-order valence-corrected chi connectivity index (χ2v) is 16.6. The number of aliphatic hydroxyl groups is 1. The quantitative estimate of drug-likeness (QED) is 0.0616. The fraction of sp³-hybridized carbons (Fsp3) is 0.191. The lowest BCUT2D eigenvalue weighted by Gasteiger charge is -2.41. The molecule has 62 heavy (non-hydrogen) atoms. The summed E-state index contributed by atoms with van der Waals surface area (Å²) in [4.78, 5) is 50.0. The lowest BCUT2D eigenvalue weighted by Crippen LogP contribution is -2.48. The van der Waals surface area contributed by atoms with E-state index in [4.69, 9.17) is 39.5 Å². The Morgan fingerprint density at radius 3 is 1.56 bits per heavy atom. The van der Waals surface area contributed by atoms with Crippen molar-refractivity contribution in [1.29, 1.82) is 0 Å². The zero-order chi connectivity index (χ0) is 43.8. The van der Waals surface area contributed by atoms with E-state index in [9.17, 15) is 34.9 Å². The summed E-state index contributed by atoms with van der Waals surface area (Å²) in [5, 5.41) is 33.3. The van der Waals surface area contributed by atoms with Crippen LogP contribution in [0.3, 0.4) is 0 Å². The molecule has 0 aromatic heterocycles. The van der Waals surface area contributed by atoms with Crippen LogP contribution in [0.5, 0.6) is 0 Å². The Balaban J connectivity index is 0.000000174. The van der Waals surface area contributed by atoms with Crippen LogP contribution in [0.15, 0.2) is 146 Å². The van der Waals surface area contributed by atoms with Crippen LogP contribution in [0, 0.1) is 20.2 Å². The number of halogens is 3. The molecule has 1 N–H and O–H groups in total. The first kappa shape index (κ1) is 42.5. The molecule has 1 aliphatic carbocycles. The average Bonchev–Trinajstić information content (AvgIpc) is 3.87. The molecule has 2 heterocycles. The van der Waals surface area contributed by atoms with E-state index in [0.29, 0.717) is 46.0 Å². The lowest BCUT2D eigenvalue weighted by atomic mass is 9.92. The Morgan fingerprint density at radius 1 is 0.613 bits per heavy atom. The zero-order valence-electron chi connectivity index (χ0n) is 32.8. The number of hydrogen-bond donors (Lipinski definition) is 1. The van der Waals surface area contributed by atoms with Crippen molar-refractivity contribution in [1.82, 2.24) is 9.80 Å². The number of fused-ring (bicyclic) bond motifs is 2. The largest absolute Gasteiger partial charge is 0.393 e. The predicted molar refractivity (Wildman–Crippen MR) is 234 cm³/mol. The van der Waals surface area contributed by atoms with E-state index < -0.39 is 26.7 Å². The van der Waals surface area contributed by atoms with Crippen LogP contribution >= 0.6 is 34.8 Å². The number of carbonyl (C=O) groups is 2. The second-order valence-electron chi connectivity index (χ2n) is 15.2. The third-order valence-corrected chi connectivity index (χ3v) is 12.5. The van der Waals surface area contributed by atoms with E-state index in [2.05, 4.69) is 0 Å². The molecule has 1 fully saturated rings. The van der Waals surface area contributed by atoms with E-state index in [0.717, 1.165) is 27.8 Å². The van der Waals surface area contributed by atoms with Crippen LogP contribution < -0.4 is 0 Å². The van der Waals surface area contributed by atoms with Gasteiger partial charge in [-0.15, -0.1) is 0 Å². The number of non-ortho nitro benzene ring substituents is 2. The van der Waals surface area contributed by atoms with Crippen molar-refractivity contribution in [3.8, 4) is 0 Å². The normalized spacial score (nSPS) is 21.3. The van der Waals surface area contributed by atoms with Crippen molar-refractivity contribution in [3.63, 3.8) is 0 Å². The number of aliphatic hydroxyl groups excluding tert-OH is 1. The maximum atomic E-state index is 13.7. The van der Waals surface area contributed by atoms with Gasteiger partial charge in [0.1, 0.15) is 0 Å². The molecular formula is C47H37Cl3N4O8. The van der Waals surface area contributed by atoms with Crippen LogP contribution in [0.1, 0.15) is 73.4 Å². The van der Waals surface area contributed by atoms with Crippen molar-refractivity contribution in [3.05, 3.63) is 220 Å². The van der Waals surface area contributed by atoms with Crippen molar-refractivity contribution >= 4 is 58.0 Å². The Hall–Kier alpha value is -6.15. The van der Waals surface area contributed by atoms with Gasteiger partial charge in [0.15, 0.2) is 10.7 Å². The molecule has 2 aliphatic heterocycles. The van der Waals surface area contributed by atoms with E-state index in [1.165, 1.54) is 24.3 Å². The average molecular weight is 892 g/mol. The zero-order valence-corrected chi connectivity index (χ0v) is 35.0. The molecule has 314 valence electrons. The Labute approximate surface area is 371 Å². The van der Waals surface area contributed by atoms with Gasteiger partial charge in [-0.3, -0.25) is 34.7 Å². The van der Waals surface area contributed by atoms with Gasteiger partial charge < -0.3 is 14.7 Å². The summed E-state index contributed by atoms with van der Waals surface area (Å²) >= 11 is 19.3. The smallest absolute Gasteiger partial charge is 0.269 e. The van der Waals surface area contributed by atoms with Crippen molar-refractivity contribution in [2.75, 3.05) is 0 Å². The van der Waals surface area contributed by atoms with Gasteiger partial charge in [0, 0.05) is 75.2 Å². The van der Waals surface area contributed by atoms with Gasteiger partial charge in [0.25, 0.3) is 23.2 Å². The molecule has 2 amide bonds. The van der Waals surface area contributed by atoms with Gasteiger partial charge in [-0.25, -0.2) is 0 Å². The van der Waals surface area contributed by atoms with Gasteiger partial charge in [-0.05, 0) is 72.4 Å². The van der Waals surface area contributed by atoms with Crippen LogP contribution in [0.4, 0.5) is 11.4 Å². The van der Waals surface area contributed by atoms with E-state index in [1.807, 2.05) is 42.5 Å². The second kappa shape index (κ2) is 17.3. The number of nitro benzene ring substituents is 2. The molecule has 4 atom stereocenters. The standard InChI is InChI=1S/C26H23ClN2O5.C21H14Cl2N2O3/c27-19-9-7-18(8-10-19)26(34-22-14-13-21(30)15-22)24-4-2-1-3-23(24)25(31)28(26)16-17-5-11-20(12-6-17)29(32)33;22-16-9-7-15(8-10-16)21(23)19-4-2-1-3-18(19)20(26)24(21)13-14-5-11-17(12-6-14)25(27)28/h1-12,21-22,30H,13-16H2;1-12H,13H2.